The molecule has 0 saturated heterocycles. The van der Waals surface area contributed by atoms with E-state index >= 15 is 0 Å². The third kappa shape index (κ3) is 7.16. The topological polar surface area (TPSA) is 117 Å². The standard InChI is InChI=1S/C25H30N8OS/c1-17(2)13-14-33-22(15-34-20-7-5-4-6-8-20)31-32-25(33)35-16-21-28-23(26)30-24(29-21)27-19-11-9-18(3)10-12-19/h4-12,17H,13-16H2,1-3H3,(H3,26,27,28,29,30). The highest BCUT2D eigenvalue weighted by Crippen LogP contribution is 2.24. The highest BCUT2D eigenvalue weighted by molar-refractivity contribution is 7.98. The Hall–Kier alpha value is -3.66. The molecule has 3 N–H and O–H groups in total. The van der Waals surface area contributed by atoms with E-state index in [0.717, 1.165) is 35.4 Å². The largest absolute Gasteiger partial charge is 0.486 e. The Balaban J connectivity index is 1.46. The molecular weight excluding hydrogens is 460 g/mol. The zero-order valence-electron chi connectivity index (χ0n) is 20.2. The van der Waals surface area contributed by atoms with Crippen molar-refractivity contribution in [2.75, 3.05) is 11.1 Å². The van der Waals surface area contributed by atoms with E-state index in [9.17, 15) is 0 Å². The summed E-state index contributed by atoms with van der Waals surface area (Å²) in [6.45, 7) is 7.60. The van der Waals surface area contributed by atoms with Crippen LogP contribution in [0.3, 0.4) is 0 Å². The van der Waals surface area contributed by atoms with Crippen LogP contribution in [-0.4, -0.2) is 29.7 Å². The fourth-order valence-electron chi connectivity index (χ4n) is 3.26. The minimum absolute atomic E-state index is 0.170. The van der Waals surface area contributed by atoms with Crippen molar-refractivity contribution >= 4 is 29.3 Å². The maximum Gasteiger partial charge on any atom is 0.232 e. The number of nitrogens with one attached hydrogen (secondary N) is 1. The first-order valence-corrected chi connectivity index (χ1v) is 12.5. The van der Waals surface area contributed by atoms with E-state index < -0.39 is 0 Å². The van der Waals surface area contributed by atoms with Gasteiger partial charge in [-0.1, -0.05) is 61.5 Å². The summed E-state index contributed by atoms with van der Waals surface area (Å²) in [5.74, 6) is 3.77. The van der Waals surface area contributed by atoms with Crippen LogP contribution in [-0.2, 0) is 18.9 Å². The van der Waals surface area contributed by atoms with E-state index in [1.165, 1.54) is 17.3 Å². The van der Waals surface area contributed by atoms with Crippen LogP contribution >= 0.6 is 11.8 Å². The predicted octanol–water partition coefficient (Wildman–Crippen LogP) is 5.01. The molecule has 35 heavy (non-hydrogen) atoms. The van der Waals surface area contributed by atoms with Gasteiger partial charge in [-0.15, -0.1) is 10.2 Å². The Kier molecular flexibility index (Phi) is 8.15. The number of ether oxygens (including phenoxy) is 1. The smallest absolute Gasteiger partial charge is 0.232 e. The van der Waals surface area contributed by atoms with Crippen LogP contribution in [0.2, 0.25) is 0 Å². The van der Waals surface area contributed by atoms with Gasteiger partial charge >= 0.3 is 0 Å². The molecule has 0 unspecified atom stereocenters. The van der Waals surface area contributed by atoms with E-state index in [0.29, 0.717) is 30.1 Å². The second-order valence-electron chi connectivity index (χ2n) is 8.55. The fourth-order valence-corrected chi connectivity index (χ4v) is 4.10. The number of anilines is 3. The van der Waals surface area contributed by atoms with Crippen LogP contribution in [0.25, 0.3) is 0 Å². The van der Waals surface area contributed by atoms with Crippen LogP contribution in [0.15, 0.2) is 59.8 Å². The first-order valence-electron chi connectivity index (χ1n) is 11.5. The van der Waals surface area contributed by atoms with Crippen molar-refractivity contribution < 1.29 is 4.74 Å². The highest BCUT2D eigenvalue weighted by Gasteiger charge is 2.15. The minimum Gasteiger partial charge on any atom is -0.486 e. The lowest BCUT2D eigenvalue weighted by molar-refractivity contribution is 0.285. The third-order valence-electron chi connectivity index (χ3n) is 5.17. The summed E-state index contributed by atoms with van der Waals surface area (Å²) in [6, 6.07) is 17.7. The number of aryl methyl sites for hydroxylation is 1. The summed E-state index contributed by atoms with van der Waals surface area (Å²) < 4.78 is 8.04. The molecule has 0 aliphatic rings. The predicted molar refractivity (Wildman–Crippen MR) is 139 cm³/mol. The zero-order chi connectivity index (χ0) is 24.6. The van der Waals surface area contributed by atoms with Gasteiger partial charge in [-0.2, -0.15) is 15.0 Å². The van der Waals surface area contributed by atoms with Crippen molar-refractivity contribution in [2.24, 2.45) is 5.92 Å². The second kappa shape index (κ2) is 11.7. The molecule has 0 radical (unpaired) electrons. The summed E-state index contributed by atoms with van der Waals surface area (Å²) in [4.78, 5) is 13.1. The number of benzene rings is 2. The average molecular weight is 491 g/mol. The first kappa shape index (κ1) is 24.5. The van der Waals surface area contributed by atoms with Crippen LogP contribution in [0.1, 0.15) is 37.5 Å². The summed E-state index contributed by atoms with van der Waals surface area (Å²) in [5, 5.41) is 12.8. The first-order chi connectivity index (χ1) is 17.0. The molecule has 0 saturated carbocycles. The number of nitrogens with zero attached hydrogens (tertiary/aromatic N) is 6. The van der Waals surface area contributed by atoms with Gasteiger partial charge in [0.25, 0.3) is 0 Å². The number of aromatic nitrogens is 6. The van der Waals surface area contributed by atoms with Crippen molar-refractivity contribution in [1.82, 2.24) is 29.7 Å². The summed E-state index contributed by atoms with van der Waals surface area (Å²) in [6.07, 6.45) is 1.01. The van der Waals surface area contributed by atoms with Crippen molar-refractivity contribution in [2.45, 2.75) is 51.3 Å². The molecular formula is C25H30N8OS. The van der Waals surface area contributed by atoms with Gasteiger partial charge in [0.15, 0.2) is 11.0 Å². The van der Waals surface area contributed by atoms with Crippen LogP contribution in [0.5, 0.6) is 5.75 Å². The molecule has 0 atom stereocenters. The van der Waals surface area contributed by atoms with E-state index in [1.54, 1.807) is 0 Å². The van der Waals surface area contributed by atoms with E-state index in [-0.39, 0.29) is 5.95 Å². The van der Waals surface area contributed by atoms with Gasteiger partial charge in [0, 0.05) is 12.2 Å². The molecule has 4 aromatic rings. The van der Waals surface area contributed by atoms with Crippen LogP contribution in [0.4, 0.5) is 17.6 Å². The molecule has 9 nitrogen and oxygen atoms in total. The van der Waals surface area contributed by atoms with Gasteiger partial charge < -0.3 is 20.4 Å². The number of thioether (sulfide) groups is 1. The van der Waals surface area contributed by atoms with Crippen LogP contribution in [0, 0.1) is 12.8 Å². The van der Waals surface area contributed by atoms with Crippen molar-refractivity contribution in [3.63, 3.8) is 0 Å². The molecule has 0 aliphatic carbocycles. The maximum absolute atomic E-state index is 5.95. The average Bonchev–Trinajstić information content (AvgIpc) is 3.23. The molecule has 2 heterocycles. The molecule has 10 heteroatoms. The number of rotatable bonds is 11. The molecule has 0 aliphatic heterocycles. The van der Waals surface area contributed by atoms with Crippen LogP contribution < -0.4 is 15.8 Å². The monoisotopic (exact) mass is 490 g/mol. The summed E-state index contributed by atoms with van der Waals surface area (Å²) in [7, 11) is 0. The van der Waals surface area contributed by atoms with Crippen molar-refractivity contribution in [3.8, 4) is 5.75 Å². The molecule has 2 aromatic heterocycles. The fraction of sp³-hybridized carbons (Fsp3) is 0.320. The zero-order valence-corrected chi connectivity index (χ0v) is 21.0. The van der Waals surface area contributed by atoms with Crippen molar-refractivity contribution in [1.29, 1.82) is 0 Å². The second-order valence-corrected chi connectivity index (χ2v) is 9.49. The lowest BCUT2D eigenvalue weighted by Gasteiger charge is -2.12. The lowest BCUT2D eigenvalue weighted by Crippen LogP contribution is -2.10. The number of para-hydroxylation sites is 1. The Labute approximate surface area is 209 Å². The van der Waals surface area contributed by atoms with Gasteiger partial charge in [-0.3, -0.25) is 0 Å². The van der Waals surface area contributed by atoms with E-state index in [2.05, 4.69) is 48.9 Å². The number of nitrogen functional groups attached to an aromatic ring is 1. The van der Waals surface area contributed by atoms with Gasteiger partial charge in [-0.05, 0) is 43.5 Å². The maximum atomic E-state index is 5.95. The minimum atomic E-state index is 0.170. The quantitative estimate of drug-likeness (QED) is 0.280. The third-order valence-corrected chi connectivity index (χ3v) is 6.13. The summed E-state index contributed by atoms with van der Waals surface area (Å²) >= 11 is 1.52. The molecule has 0 fully saturated rings. The van der Waals surface area contributed by atoms with E-state index in [4.69, 9.17) is 10.5 Å². The normalized spacial score (nSPS) is 11.1. The lowest BCUT2D eigenvalue weighted by atomic mass is 10.1. The number of nitrogens with two attached hydrogens (primary N) is 1. The molecule has 0 amide bonds. The number of hydrogen-bond acceptors (Lipinski definition) is 9. The molecule has 2 aromatic carbocycles. The van der Waals surface area contributed by atoms with Gasteiger partial charge in [0.1, 0.15) is 18.2 Å². The highest BCUT2D eigenvalue weighted by atomic mass is 32.2. The van der Waals surface area contributed by atoms with Gasteiger partial charge in [0.05, 0.1) is 5.75 Å². The Morgan fingerprint density at radius 3 is 2.51 bits per heavy atom. The van der Waals surface area contributed by atoms with Gasteiger partial charge in [-0.25, -0.2) is 0 Å². The van der Waals surface area contributed by atoms with Gasteiger partial charge in [0.2, 0.25) is 11.9 Å². The van der Waals surface area contributed by atoms with E-state index in [1.807, 2.05) is 61.5 Å². The molecule has 0 bridgehead atoms. The Bertz CT molecular complexity index is 1230. The number of hydrogen-bond donors (Lipinski definition) is 2. The molecule has 4 rings (SSSR count). The SMILES string of the molecule is Cc1ccc(Nc2nc(N)nc(CSc3nnc(COc4ccccc4)n3CCC(C)C)n2)cc1. The Morgan fingerprint density at radius 2 is 1.77 bits per heavy atom. The molecule has 0 spiro atoms. The Morgan fingerprint density at radius 1 is 1.00 bits per heavy atom. The molecule has 182 valence electrons. The van der Waals surface area contributed by atoms with Crippen molar-refractivity contribution in [3.05, 3.63) is 71.8 Å². The summed E-state index contributed by atoms with van der Waals surface area (Å²) in [5.41, 5.74) is 8.02.